The third-order valence-electron chi connectivity index (χ3n) is 3.96. The van der Waals surface area contributed by atoms with Gasteiger partial charge in [0, 0.05) is 13.7 Å². The molecule has 2 atom stereocenters. The van der Waals surface area contributed by atoms with Crippen LogP contribution in [0, 0.1) is 18.8 Å². The molecule has 108 valence electrons. The monoisotopic (exact) mass is 263 g/mol. The van der Waals surface area contributed by atoms with E-state index >= 15 is 0 Å². The lowest BCUT2D eigenvalue weighted by atomic mass is 9.86. The molecule has 1 rings (SSSR count). The Labute approximate surface area is 118 Å². The van der Waals surface area contributed by atoms with Crippen LogP contribution >= 0.6 is 0 Å². The van der Waals surface area contributed by atoms with E-state index in [1.807, 2.05) is 0 Å². The molecular formula is C17H29NO. The topological polar surface area (TPSA) is 21.3 Å². The number of aryl methyl sites for hydroxylation is 1. The van der Waals surface area contributed by atoms with Crippen molar-refractivity contribution in [2.75, 3.05) is 26.8 Å². The Hall–Kier alpha value is -0.860. The molecule has 0 amide bonds. The Morgan fingerprint density at radius 2 is 1.89 bits per heavy atom. The zero-order valence-electron chi connectivity index (χ0n) is 12.9. The third-order valence-corrected chi connectivity index (χ3v) is 3.96. The van der Waals surface area contributed by atoms with Gasteiger partial charge in [0.05, 0.1) is 6.61 Å². The molecule has 0 saturated carbocycles. The smallest absolute Gasteiger partial charge is 0.0587 e. The second kappa shape index (κ2) is 9.11. The van der Waals surface area contributed by atoms with E-state index in [2.05, 4.69) is 50.4 Å². The van der Waals surface area contributed by atoms with Crippen LogP contribution in [-0.4, -0.2) is 26.8 Å². The van der Waals surface area contributed by atoms with Gasteiger partial charge in [-0.15, -0.1) is 0 Å². The maximum absolute atomic E-state index is 5.08. The minimum atomic E-state index is 0.699. The van der Waals surface area contributed by atoms with Crippen molar-refractivity contribution < 1.29 is 4.74 Å². The van der Waals surface area contributed by atoms with Gasteiger partial charge in [-0.3, -0.25) is 0 Å². The van der Waals surface area contributed by atoms with Crippen molar-refractivity contribution >= 4 is 0 Å². The molecule has 2 nitrogen and oxygen atoms in total. The van der Waals surface area contributed by atoms with E-state index in [-0.39, 0.29) is 0 Å². The number of hydrogen-bond acceptors (Lipinski definition) is 2. The molecule has 0 radical (unpaired) electrons. The van der Waals surface area contributed by atoms with Crippen LogP contribution in [0.3, 0.4) is 0 Å². The average Bonchev–Trinajstić information content (AvgIpc) is 2.43. The van der Waals surface area contributed by atoms with E-state index in [9.17, 15) is 0 Å². The second-order valence-corrected chi connectivity index (χ2v) is 5.53. The SMILES string of the molecule is CCC(C)C(CNCCOC)Cc1ccc(C)cc1. The highest BCUT2D eigenvalue weighted by Gasteiger charge is 2.16. The average molecular weight is 263 g/mol. The van der Waals surface area contributed by atoms with Gasteiger partial charge in [0.1, 0.15) is 0 Å². The summed E-state index contributed by atoms with van der Waals surface area (Å²) in [6.07, 6.45) is 2.40. The molecule has 0 fully saturated rings. The van der Waals surface area contributed by atoms with E-state index in [4.69, 9.17) is 4.74 Å². The summed E-state index contributed by atoms with van der Waals surface area (Å²) in [6, 6.07) is 8.95. The molecule has 1 aromatic rings. The number of rotatable bonds is 9. The summed E-state index contributed by atoms with van der Waals surface area (Å²) in [6.45, 7) is 9.59. The van der Waals surface area contributed by atoms with Crippen molar-refractivity contribution in [1.29, 1.82) is 0 Å². The lowest BCUT2D eigenvalue weighted by Crippen LogP contribution is -2.30. The summed E-state index contributed by atoms with van der Waals surface area (Å²) in [5.74, 6) is 1.45. The van der Waals surface area contributed by atoms with Crippen LogP contribution in [0.1, 0.15) is 31.4 Å². The van der Waals surface area contributed by atoms with Gasteiger partial charge in [0.15, 0.2) is 0 Å². The normalized spacial score (nSPS) is 14.3. The summed E-state index contributed by atoms with van der Waals surface area (Å²) in [7, 11) is 1.75. The van der Waals surface area contributed by atoms with Crippen LogP contribution in [-0.2, 0) is 11.2 Å². The maximum atomic E-state index is 5.08. The van der Waals surface area contributed by atoms with Gasteiger partial charge in [0.2, 0.25) is 0 Å². The molecule has 0 aliphatic heterocycles. The minimum Gasteiger partial charge on any atom is -0.383 e. The predicted molar refractivity (Wildman–Crippen MR) is 82.6 cm³/mol. The molecule has 0 aliphatic carbocycles. The zero-order valence-corrected chi connectivity index (χ0v) is 12.9. The quantitative estimate of drug-likeness (QED) is 0.689. The number of hydrogen-bond donors (Lipinski definition) is 1. The van der Waals surface area contributed by atoms with E-state index in [0.29, 0.717) is 5.92 Å². The van der Waals surface area contributed by atoms with Crippen molar-refractivity contribution in [3.63, 3.8) is 0 Å². The maximum Gasteiger partial charge on any atom is 0.0587 e. The van der Waals surface area contributed by atoms with Crippen molar-refractivity contribution in [3.8, 4) is 0 Å². The first kappa shape index (κ1) is 16.2. The minimum absolute atomic E-state index is 0.699. The van der Waals surface area contributed by atoms with Crippen LogP contribution < -0.4 is 5.32 Å². The van der Waals surface area contributed by atoms with Gasteiger partial charge in [-0.1, -0.05) is 50.1 Å². The fraction of sp³-hybridized carbons (Fsp3) is 0.647. The highest BCUT2D eigenvalue weighted by molar-refractivity contribution is 5.21. The Kier molecular flexibility index (Phi) is 7.76. The van der Waals surface area contributed by atoms with Crippen molar-refractivity contribution in [1.82, 2.24) is 5.32 Å². The Morgan fingerprint density at radius 3 is 2.47 bits per heavy atom. The van der Waals surface area contributed by atoms with E-state index < -0.39 is 0 Å². The second-order valence-electron chi connectivity index (χ2n) is 5.53. The molecular weight excluding hydrogens is 234 g/mol. The van der Waals surface area contributed by atoms with Gasteiger partial charge in [-0.2, -0.15) is 0 Å². The first-order valence-electron chi connectivity index (χ1n) is 7.42. The number of benzene rings is 1. The zero-order chi connectivity index (χ0) is 14.1. The molecule has 0 heterocycles. The lowest BCUT2D eigenvalue weighted by Gasteiger charge is -2.23. The van der Waals surface area contributed by atoms with Crippen LogP contribution in [0.4, 0.5) is 0 Å². The number of methoxy groups -OCH3 is 1. The summed E-state index contributed by atoms with van der Waals surface area (Å²) >= 11 is 0. The third kappa shape index (κ3) is 6.22. The summed E-state index contributed by atoms with van der Waals surface area (Å²) in [5, 5.41) is 3.51. The summed E-state index contributed by atoms with van der Waals surface area (Å²) in [4.78, 5) is 0. The molecule has 1 N–H and O–H groups in total. The van der Waals surface area contributed by atoms with E-state index in [1.165, 1.54) is 17.5 Å². The predicted octanol–water partition coefficient (Wildman–Crippen LogP) is 3.44. The number of nitrogens with one attached hydrogen (secondary N) is 1. The van der Waals surface area contributed by atoms with Crippen LogP contribution in [0.25, 0.3) is 0 Å². The van der Waals surface area contributed by atoms with Gasteiger partial charge < -0.3 is 10.1 Å². The van der Waals surface area contributed by atoms with Gasteiger partial charge in [0.25, 0.3) is 0 Å². The molecule has 2 heteroatoms. The largest absolute Gasteiger partial charge is 0.383 e. The molecule has 0 saturated heterocycles. The van der Waals surface area contributed by atoms with Gasteiger partial charge >= 0.3 is 0 Å². The number of ether oxygens (including phenoxy) is 1. The molecule has 0 aromatic heterocycles. The lowest BCUT2D eigenvalue weighted by molar-refractivity contribution is 0.195. The Bertz CT molecular complexity index is 334. The van der Waals surface area contributed by atoms with Crippen molar-refractivity contribution in [2.45, 2.75) is 33.6 Å². The van der Waals surface area contributed by atoms with Crippen LogP contribution in [0.2, 0.25) is 0 Å². The fourth-order valence-corrected chi connectivity index (χ4v) is 2.30. The van der Waals surface area contributed by atoms with Crippen LogP contribution in [0.5, 0.6) is 0 Å². The molecule has 0 aliphatic rings. The first-order chi connectivity index (χ1) is 9.17. The highest BCUT2D eigenvalue weighted by atomic mass is 16.5. The van der Waals surface area contributed by atoms with Gasteiger partial charge in [-0.05, 0) is 37.3 Å². The summed E-state index contributed by atoms with van der Waals surface area (Å²) in [5.41, 5.74) is 2.78. The van der Waals surface area contributed by atoms with Crippen molar-refractivity contribution in [3.05, 3.63) is 35.4 Å². The fourth-order valence-electron chi connectivity index (χ4n) is 2.30. The molecule has 19 heavy (non-hydrogen) atoms. The Balaban J connectivity index is 2.51. The molecule has 2 unspecified atom stereocenters. The van der Waals surface area contributed by atoms with Crippen LogP contribution in [0.15, 0.2) is 24.3 Å². The van der Waals surface area contributed by atoms with Gasteiger partial charge in [-0.25, -0.2) is 0 Å². The molecule has 1 aromatic carbocycles. The van der Waals surface area contributed by atoms with Crippen molar-refractivity contribution in [2.24, 2.45) is 11.8 Å². The Morgan fingerprint density at radius 1 is 1.21 bits per heavy atom. The molecule has 0 bridgehead atoms. The molecule has 0 spiro atoms. The van der Waals surface area contributed by atoms with E-state index in [0.717, 1.165) is 32.0 Å². The standard InChI is InChI=1S/C17H29NO/c1-5-15(3)17(13-18-10-11-19-4)12-16-8-6-14(2)7-9-16/h6-9,15,17-18H,5,10-13H2,1-4H3. The van der Waals surface area contributed by atoms with E-state index in [1.54, 1.807) is 7.11 Å². The first-order valence-corrected chi connectivity index (χ1v) is 7.42. The summed E-state index contributed by atoms with van der Waals surface area (Å²) < 4.78 is 5.08. The highest BCUT2D eigenvalue weighted by Crippen LogP contribution is 2.20.